The molecule has 0 bridgehead atoms. The molecule has 3 aromatic carbocycles. The topological polar surface area (TPSA) is 125 Å². The van der Waals surface area contributed by atoms with Crippen LogP contribution in [0.3, 0.4) is 0 Å². The fourth-order valence-corrected chi connectivity index (χ4v) is 3.72. The van der Waals surface area contributed by atoms with Gasteiger partial charge in [0.1, 0.15) is 19.4 Å². The molecular weight excluding hydrogens is 451 g/mol. The summed E-state index contributed by atoms with van der Waals surface area (Å²) < 4.78 is 0. The van der Waals surface area contributed by atoms with E-state index in [0.29, 0.717) is 24.6 Å². The summed E-state index contributed by atoms with van der Waals surface area (Å²) in [6.45, 7) is 0.658. The highest BCUT2D eigenvalue weighted by atomic mass is 16.3. The van der Waals surface area contributed by atoms with Crippen LogP contribution in [0.5, 0.6) is 5.75 Å². The summed E-state index contributed by atoms with van der Waals surface area (Å²) in [4.78, 5) is 21.6. The summed E-state index contributed by atoms with van der Waals surface area (Å²) in [5.74, 6) is 1.17. The third-order valence-electron chi connectivity index (χ3n) is 5.61. The minimum Gasteiger partial charge on any atom is -0.508 e. The molecule has 1 unspecified atom stereocenters. The van der Waals surface area contributed by atoms with Gasteiger partial charge in [0.05, 0.1) is 6.04 Å². The number of nitrogens with zero attached hydrogens (tertiary/aromatic N) is 2. The molecule has 1 aromatic heterocycles. The molecule has 1 atom stereocenters. The van der Waals surface area contributed by atoms with Gasteiger partial charge in [-0.1, -0.05) is 48.5 Å². The van der Waals surface area contributed by atoms with Crippen LogP contribution in [0, 0.1) is 0 Å². The van der Waals surface area contributed by atoms with Crippen LogP contribution in [0.15, 0.2) is 85.1 Å². The molecule has 9 heteroatoms. The first-order valence-electron chi connectivity index (χ1n) is 11.8. The number of phenolic OH excluding ortho intramolecular Hbond substituents is 1. The third-order valence-corrected chi connectivity index (χ3v) is 5.61. The van der Waals surface area contributed by atoms with Gasteiger partial charge in [-0.15, -0.1) is 0 Å². The molecule has 4 aromatic rings. The van der Waals surface area contributed by atoms with Gasteiger partial charge in [-0.05, 0) is 59.8 Å². The Balaban J connectivity index is 1.35. The number of anilines is 4. The zero-order valence-corrected chi connectivity index (χ0v) is 20.1. The Morgan fingerprint density at radius 3 is 2.53 bits per heavy atom. The average molecular weight is 480 g/mol. The summed E-state index contributed by atoms with van der Waals surface area (Å²) in [5, 5.41) is 19.0. The summed E-state index contributed by atoms with van der Waals surface area (Å²) in [5.41, 5.74) is 10.4. The SMILES string of the molecule is Bc1cnc(Nc2cccc(NC(=O)C(N)Cc3ccccc3)c2)nc1NCCc1cccc(O)c1. The lowest BCUT2D eigenvalue weighted by Crippen LogP contribution is -2.37. The molecule has 0 aliphatic carbocycles. The Morgan fingerprint density at radius 1 is 0.972 bits per heavy atom. The lowest BCUT2D eigenvalue weighted by Gasteiger charge is -2.14. The summed E-state index contributed by atoms with van der Waals surface area (Å²) in [6.07, 6.45) is 2.96. The van der Waals surface area contributed by atoms with Crippen LogP contribution >= 0.6 is 0 Å². The number of nitrogens with two attached hydrogens (primary N) is 1. The van der Waals surface area contributed by atoms with E-state index in [1.54, 1.807) is 18.3 Å². The number of carbonyl (C=O) groups excluding carboxylic acids is 1. The van der Waals surface area contributed by atoms with Gasteiger partial charge in [0, 0.05) is 24.1 Å². The monoisotopic (exact) mass is 480 g/mol. The van der Waals surface area contributed by atoms with Gasteiger partial charge in [0.15, 0.2) is 0 Å². The van der Waals surface area contributed by atoms with Crippen molar-refractivity contribution < 1.29 is 9.90 Å². The minimum atomic E-state index is -0.655. The number of carbonyl (C=O) groups is 1. The second-order valence-electron chi connectivity index (χ2n) is 8.56. The molecule has 4 rings (SSSR count). The zero-order chi connectivity index (χ0) is 25.3. The van der Waals surface area contributed by atoms with E-state index in [-0.39, 0.29) is 11.7 Å². The lowest BCUT2D eigenvalue weighted by atomic mass is 9.99. The van der Waals surface area contributed by atoms with Crippen molar-refractivity contribution in [2.24, 2.45) is 5.73 Å². The Bertz CT molecular complexity index is 1320. The molecule has 0 saturated heterocycles. The molecule has 6 N–H and O–H groups in total. The number of amides is 1. The highest BCUT2D eigenvalue weighted by Crippen LogP contribution is 2.19. The third kappa shape index (κ3) is 7.07. The smallest absolute Gasteiger partial charge is 0.241 e. The van der Waals surface area contributed by atoms with Crippen molar-refractivity contribution in [3.05, 3.63) is 96.2 Å². The van der Waals surface area contributed by atoms with Gasteiger partial charge in [0.25, 0.3) is 0 Å². The Labute approximate surface area is 211 Å². The molecule has 8 nitrogen and oxygen atoms in total. The van der Waals surface area contributed by atoms with Crippen LogP contribution in [0.25, 0.3) is 0 Å². The second-order valence-corrected chi connectivity index (χ2v) is 8.56. The molecule has 0 fully saturated rings. The van der Waals surface area contributed by atoms with Crippen molar-refractivity contribution >= 4 is 42.4 Å². The van der Waals surface area contributed by atoms with Gasteiger partial charge < -0.3 is 26.8 Å². The van der Waals surface area contributed by atoms with E-state index in [0.717, 1.165) is 34.5 Å². The maximum absolute atomic E-state index is 12.6. The molecule has 0 radical (unpaired) electrons. The predicted molar refractivity (Wildman–Crippen MR) is 147 cm³/mol. The Hall–Kier alpha value is -4.37. The van der Waals surface area contributed by atoms with Crippen molar-refractivity contribution in [3.63, 3.8) is 0 Å². The molecule has 0 spiro atoms. The molecule has 0 saturated carbocycles. The Kier molecular flexibility index (Phi) is 8.15. The average Bonchev–Trinajstić information content (AvgIpc) is 2.87. The van der Waals surface area contributed by atoms with E-state index >= 15 is 0 Å². The van der Waals surface area contributed by atoms with Crippen molar-refractivity contribution in [3.8, 4) is 5.75 Å². The fraction of sp³-hybridized carbons (Fsp3) is 0.148. The van der Waals surface area contributed by atoms with E-state index in [1.807, 2.05) is 74.6 Å². The molecule has 36 heavy (non-hydrogen) atoms. The van der Waals surface area contributed by atoms with Gasteiger partial charge in [-0.3, -0.25) is 4.79 Å². The van der Waals surface area contributed by atoms with Crippen LogP contribution < -0.4 is 27.1 Å². The van der Waals surface area contributed by atoms with E-state index in [2.05, 4.69) is 25.9 Å². The lowest BCUT2D eigenvalue weighted by molar-refractivity contribution is -0.117. The maximum Gasteiger partial charge on any atom is 0.241 e. The van der Waals surface area contributed by atoms with E-state index in [1.165, 1.54) is 0 Å². The summed E-state index contributed by atoms with van der Waals surface area (Å²) in [6, 6.07) is 23.6. The van der Waals surface area contributed by atoms with E-state index < -0.39 is 6.04 Å². The Morgan fingerprint density at radius 2 is 1.72 bits per heavy atom. The molecule has 0 aliphatic heterocycles. The first kappa shape index (κ1) is 24.7. The molecule has 1 heterocycles. The quantitative estimate of drug-likeness (QED) is 0.221. The van der Waals surface area contributed by atoms with Gasteiger partial charge >= 0.3 is 0 Å². The second kappa shape index (κ2) is 11.9. The fourth-order valence-electron chi connectivity index (χ4n) is 3.72. The largest absolute Gasteiger partial charge is 0.508 e. The van der Waals surface area contributed by atoms with Crippen LogP contribution in [-0.2, 0) is 17.6 Å². The van der Waals surface area contributed by atoms with Gasteiger partial charge in [0.2, 0.25) is 11.9 Å². The predicted octanol–water partition coefficient (Wildman–Crippen LogP) is 2.35. The number of benzene rings is 3. The normalized spacial score (nSPS) is 11.5. The molecule has 0 aliphatic rings. The van der Waals surface area contributed by atoms with Crippen LogP contribution in [0.2, 0.25) is 0 Å². The van der Waals surface area contributed by atoms with Crippen LogP contribution in [0.4, 0.5) is 23.1 Å². The van der Waals surface area contributed by atoms with Crippen molar-refractivity contribution in [2.75, 3.05) is 22.5 Å². The zero-order valence-electron chi connectivity index (χ0n) is 20.1. The number of phenols is 1. The van der Waals surface area contributed by atoms with E-state index in [4.69, 9.17) is 5.73 Å². The standard InChI is InChI=1S/C27H29BN6O2/c28-23-17-31-27(34-25(23)30-13-12-19-8-4-11-22(35)14-19)33-21-10-5-9-20(16-21)32-26(36)24(29)15-18-6-2-1-3-7-18/h1-11,14,16-17,24,35H,12-13,15,28-29H2,(H,32,36)(H2,30,31,33,34). The van der Waals surface area contributed by atoms with Gasteiger partial charge in [-0.2, -0.15) is 4.98 Å². The summed E-state index contributed by atoms with van der Waals surface area (Å²) in [7, 11) is 1.94. The first-order chi connectivity index (χ1) is 17.5. The van der Waals surface area contributed by atoms with Gasteiger partial charge in [-0.25, -0.2) is 4.98 Å². The molecular formula is C27H29BN6O2. The minimum absolute atomic E-state index is 0.249. The number of nitrogens with one attached hydrogen (secondary N) is 3. The van der Waals surface area contributed by atoms with Crippen molar-refractivity contribution in [2.45, 2.75) is 18.9 Å². The maximum atomic E-state index is 12.6. The number of hydrogen-bond acceptors (Lipinski definition) is 7. The molecule has 1 amide bonds. The molecule has 182 valence electrons. The first-order valence-corrected chi connectivity index (χ1v) is 11.8. The highest BCUT2D eigenvalue weighted by molar-refractivity contribution is 6.35. The van der Waals surface area contributed by atoms with E-state index in [9.17, 15) is 9.90 Å². The van der Waals surface area contributed by atoms with Crippen LogP contribution in [-0.4, -0.2) is 41.4 Å². The number of hydrogen-bond donors (Lipinski definition) is 5. The summed E-state index contributed by atoms with van der Waals surface area (Å²) >= 11 is 0. The number of aromatic nitrogens is 2. The van der Waals surface area contributed by atoms with Crippen molar-refractivity contribution in [1.29, 1.82) is 0 Å². The number of rotatable bonds is 10. The van der Waals surface area contributed by atoms with Crippen LogP contribution in [0.1, 0.15) is 11.1 Å². The van der Waals surface area contributed by atoms with Crippen molar-refractivity contribution in [1.82, 2.24) is 9.97 Å². The highest BCUT2D eigenvalue weighted by Gasteiger charge is 2.14. The number of aromatic hydroxyl groups is 1.